The molecule has 0 radical (unpaired) electrons. The number of ether oxygens (including phenoxy) is 1. The monoisotopic (exact) mass is 546 g/mol. The average Bonchev–Trinajstić information content (AvgIpc) is 3.73. The molecule has 10 heteroatoms. The van der Waals surface area contributed by atoms with Crippen LogP contribution >= 0.6 is 0 Å². The van der Waals surface area contributed by atoms with Crippen molar-refractivity contribution in [1.29, 1.82) is 0 Å². The second-order valence-corrected chi connectivity index (χ2v) is 10.4. The normalized spacial score (nSPS) is 14.1. The molecule has 2 aromatic heterocycles. The number of carbonyl (C=O) groups excluding carboxylic acids is 1. The van der Waals surface area contributed by atoms with E-state index in [1.807, 2.05) is 39.0 Å². The zero-order valence-electron chi connectivity index (χ0n) is 23.6. The summed E-state index contributed by atoms with van der Waals surface area (Å²) in [4.78, 5) is 30.6. The number of para-hydroxylation sites is 1. The van der Waals surface area contributed by atoms with Crippen molar-refractivity contribution in [1.82, 2.24) is 9.97 Å². The number of aromatic nitrogens is 2. The molecule has 0 unspecified atom stereocenters. The highest BCUT2D eigenvalue weighted by Crippen LogP contribution is 2.38. The summed E-state index contributed by atoms with van der Waals surface area (Å²) in [5.41, 5.74) is 0.987. The van der Waals surface area contributed by atoms with E-state index in [1.54, 1.807) is 25.5 Å². The Bertz CT molecular complexity index is 1460. The van der Waals surface area contributed by atoms with Crippen molar-refractivity contribution >= 4 is 40.8 Å². The van der Waals surface area contributed by atoms with Crippen LogP contribution < -0.4 is 15.4 Å². The van der Waals surface area contributed by atoms with Gasteiger partial charge < -0.3 is 20.5 Å². The number of amidine groups is 1. The summed E-state index contributed by atoms with van der Waals surface area (Å²) < 4.78 is 20.4. The number of aliphatic imine (C=N–C) groups is 2. The Morgan fingerprint density at radius 3 is 2.50 bits per heavy atom. The first-order valence-electron chi connectivity index (χ1n) is 13.2. The second-order valence-electron chi connectivity index (χ2n) is 10.4. The van der Waals surface area contributed by atoms with Gasteiger partial charge in [0, 0.05) is 36.0 Å². The quantitative estimate of drug-likeness (QED) is 0.120. The van der Waals surface area contributed by atoms with Gasteiger partial charge in [0.15, 0.2) is 17.4 Å². The molecule has 0 aliphatic heterocycles. The fourth-order valence-corrected chi connectivity index (χ4v) is 4.20. The number of hydrogen-bond acceptors (Lipinski definition) is 8. The molecule has 3 aromatic rings. The molecule has 1 fully saturated rings. The molecule has 3 N–H and O–H groups in total. The van der Waals surface area contributed by atoms with Crippen LogP contribution in [0.5, 0.6) is 5.75 Å². The van der Waals surface area contributed by atoms with Crippen LogP contribution in [0.1, 0.15) is 68.9 Å². The Morgan fingerprint density at radius 2 is 1.90 bits per heavy atom. The summed E-state index contributed by atoms with van der Waals surface area (Å²) in [6.07, 6.45) is 4.88. The molecule has 0 spiro atoms. The maximum Gasteiger partial charge on any atom is 0.220 e. The number of hydrogen-bond donors (Lipinski definition) is 3. The van der Waals surface area contributed by atoms with Crippen LogP contribution in [0, 0.1) is 11.9 Å². The molecule has 1 aliphatic carbocycles. The number of ketones is 1. The van der Waals surface area contributed by atoms with Crippen LogP contribution in [0.25, 0.3) is 0 Å². The van der Waals surface area contributed by atoms with E-state index in [0.717, 1.165) is 12.8 Å². The summed E-state index contributed by atoms with van der Waals surface area (Å²) in [7, 11) is 1.57. The van der Waals surface area contributed by atoms with Gasteiger partial charge in [-0.25, -0.2) is 15.0 Å². The minimum atomic E-state index is -1.37. The highest BCUT2D eigenvalue weighted by atomic mass is 19.1. The van der Waals surface area contributed by atoms with E-state index < -0.39 is 11.5 Å². The highest BCUT2D eigenvalue weighted by Gasteiger charge is 2.32. The second kappa shape index (κ2) is 11.9. The SMILES string of the molecule is CC=NC(=NC(C)C)c1cccc(Nc2cc(Nc3ccc(C(C)(C)O)c(F)n3)ncc2C(=O)C2CC2)c1OC. The van der Waals surface area contributed by atoms with Gasteiger partial charge in [-0.3, -0.25) is 9.79 Å². The van der Waals surface area contributed by atoms with Crippen molar-refractivity contribution in [3.05, 3.63) is 65.2 Å². The Kier molecular flexibility index (Phi) is 8.58. The van der Waals surface area contributed by atoms with Gasteiger partial charge in [0.25, 0.3) is 0 Å². The molecule has 4 rings (SSSR count). The average molecular weight is 547 g/mol. The van der Waals surface area contributed by atoms with E-state index in [2.05, 4.69) is 30.6 Å². The molecule has 40 heavy (non-hydrogen) atoms. The van der Waals surface area contributed by atoms with E-state index in [0.29, 0.717) is 39.9 Å². The Labute approximate surface area is 233 Å². The number of rotatable bonds is 10. The minimum Gasteiger partial charge on any atom is -0.494 e. The number of carbonyl (C=O) groups is 1. The number of aliphatic hydroxyl groups is 1. The van der Waals surface area contributed by atoms with Gasteiger partial charge in [-0.15, -0.1) is 0 Å². The Hall–Kier alpha value is -4.18. The van der Waals surface area contributed by atoms with Crippen molar-refractivity contribution in [3.8, 4) is 5.75 Å². The zero-order valence-corrected chi connectivity index (χ0v) is 23.6. The van der Waals surface area contributed by atoms with Gasteiger partial charge in [-0.05, 0) is 71.7 Å². The molecule has 0 saturated heterocycles. The van der Waals surface area contributed by atoms with Gasteiger partial charge in [0.05, 0.1) is 35.2 Å². The fourth-order valence-electron chi connectivity index (χ4n) is 4.20. The first-order chi connectivity index (χ1) is 19.0. The molecule has 1 saturated carbocycles. The summed E-state index contributed by atoms with van der Waals surface area (Å²) in [5.74, 6) is 0.812. The van der Waals surface area contributed by atoms with E-state index >= 15 is 0 Å². The third-order valence-electron chi connectivity index (χ3n) is 6.24. The molecular weight excluding hydrogens is 511 g/mol. The number of benzene rings is 1. The summed E-state index contributed by atoms with van der Waals surface area (Å²) in [5, 5.41) is 16.5. The number of Topliss-reactive ketones (excluding diaryl/α,β-unsaturated/α-hetero) is 1. The predicted molar refractivity (Wildman–Crippen MR) is 156 cm³/mol. The minimum absolute atomic E-state index is 0.00742. The van der Waals surface area contributed by atoms with Gasteiger partial charge >= 0.3 is 0 Å². The number of halogens is 1. The fraction of sp³-hybridized carbons (Fsp3) is 0.367. The lowest BCUT2D eigenvalue weighted by molar-refractivity contribution is 0.0737. The number of methoxy groups -OCH3 is 1. The van der Waals surface area contributed by atoms with E-state index in [4.69, 9.17) is 4.74 Å². The van der Waals surface area contributed by atoms with Crippen LogP contribution in [-0.2, 0) is 5.60 Å². The van der Waals surface area contributed by atoms with Crippen LogP contribution in [0.3, 0.4) is 0 Å². The molecule has 0 bridgehead atoms. The molecule has 0 amide bonds. The van der Waals surface area contributed by atoms with Gasteiger partial charge in [-0.1, -0.05) is 6.07 Å². The lowest BCUT2D eigenvalue weighted by Gasteiger charge is -2.19. The van der Waals surface area contributed by atoms with Crippen LogP contribution in [0.15, 0.2) is 52.6 Å². The molecule has 1 aliphatic rings. The van der Waals surface area contributed by atoms with E-state index in [-0.39, 0.29) is 29.1 Å². The van der Waals surface area contributed by atoms with Gasteiger partial charge in [-0.2, -0.15) is 4.39 Å². The first-order valence-corrected chi connectivity index (χ1v) is 13.2. The van der Waals surface area contributed by atoms with E-state index in [1.165, 1.54) is 26.1 Å². The highest BCUT2D eigenvalue weighted by molar-refractivity contribution is 6.07. The largest absolute Gasteiger partial charge is 0.494 e. The maximum absolute atomic E-state index is 14.6. The van der Waals surface area contributed by atoms with Crippen LogP contribution in [-0.4, -0.2) is 46.1 Å². The summed E-state index contributed by atoms with van der Waals surface area (Å²) in [6.45, 7) is 8.75. The van der Waals surface area contributed by atoms with Gasteiger partial charge in [0.2, 0.25) is 5.95 Å². The molecule has 1 aromatic carbocycles. The van der Waals surface area contributed by atoms with Crippen molar-refractivity contribution in [2.45, 2.75) is 59.1 Å². The van der Waals surface area contributed by atoms with Gasteiger partial charge in [0.1, 0.15) is 11.6 Å². The van der Waals surface area contributed by atoms with Crippen molar-refractivity contribution in [2.24, 2.45) is 15.9 Å². The maximum atomic E-state index is 14.6. The van der Waals surface area contributed by atoms with Crippen LogP contribution in [0.4, 0.5) is 27.4 Å². The molecule has 2 heterocycles. The third kappa shape index (κ3) is 6.69. The Balaban J connectivity index is 1.73. The number of pyridine rings is 2. The zero-order chi connectivity index (χ0) is 29.0. The topological polar surface area (TPSA) is 121 Å². The lowest BCUT2D eigenvalue weighted by Crippen LogP contribution is -2.18. The summed E-state index contributed by atoms with van der Waals surface area (Å²) >= 11 is 0. The first kappa shape index (κ1) is 28.8. The van der Waals surface area contributed by atoms with E-state index in [9.17, 15) is 14.3 Å². The van der Waals surface area contributed by atoms with Crippen molar-refractivity contribution in [2.75, 3.05) is 17.7 Å². The third-order valence-corrected chi connectivity index (χ3v) is 6.24. The number of nitrogens with zero attached hydrogens (tertiary/aromatic N) is 4. The Morgan fingerprint density at radius 1 is 1.15 bits per heavy atom. The molecule has 0 atom stereocenters. The van der Waals surface area contributed by atoms with Crippen LogP contribution in [0.2, 0.25) is 0 Å². The smallest absolute Gasteiger partial charge is 0.220 e. The molecular formula is C30H35FN6O3. The number of nitrogens with one attached hydrogen (secondary N) is 2. The standard InChI is InChI=1S/C30H35FN6O3/c1-7-32-29(34-17(2)3)19-9-8-10-22(27(19)40-6)35-23-15-25(33-16-20(23)26(38)18-11-12-18)36-24-14-13-21(28(31)37-24)30(4,5)39/h7-10,13-18,39H,11-12H2,1-6H3,(H2,33,35,36,37). The lowest BCUT2D eigenvalue weighted by atomic mass is 10.0. The number of anilines is 4. The van der Waals surface area contributed by atoms with Crippen molar-refractivity contribution in [3.63, 3.8) is 0 Å². The van der Waals surface area contributed by atoms with Crippen molar-refractivity contribution < 1.29 is 19.0 Å². The summed E-state index contributed by atoms with van der Waals surface area (Å²) in [6, 6.07) is 10.3. The molecule has 9 nitrogen and oxygen atoms in total. The molecule has 210 valence electrons. The predicted octanol–water partition coefficient (Wildman–Crippen LogP) is 6.18.